The molecule has 5 heteroatoms. The summed E-state index contributed by atoms with van der Waals surface area (Å²) in [4.78, 5) is 26.2. The number of nitrogens with one attached hydrogen (secondary N) is 2. The molecule has 0 aromatic heterocycles. The van der Waals surface area contributed by atoms with Crippen LogP contribution in [0.15, 0.2) is 30.3 Å². The van der Waals surface area contributed by atoms with Gasteiger partial charge in [0.25, 0.3) is 0 Å². The summed E-state index contributed by atoms with van der Waals surface area (Å²) in [6.07, 6.45) is 5.11. The highest BCUT2D eigenvalue weighted by atomic mass is 16.2. The topological polar surface area (TPSA) is 61.4 Å². The van der Waals surface area contributed by atoms with Crippen molar-refractivity contribution in [1.82, 2.24) is 15.5 Å². The first-order valence-electron chi connectivity index (χ1n) is 9.45. The molecule has 1 heterocycles. The summed E-state index contributed by atoms with van der Waals surface area (Å²) < 4.78 is 0. The van der Waals surface area contributed by atoms with Gasteiger partial charge in [-0.3, -0.25) is 9.59 Å². The van der Waals surface area contributed by atoms with Crippen molar-refractivity contribution in [3.63, 3.8) is 0 Å². The van der Waals surface area contributed by atoms with Gasteiger partial charge < -0.3 is 15.5 Å². The molecule has 2 N–H and O–H groups in total. The summed E-state index contributed by atoms with van der Waals surface area (Å²) >= 11 is 0. The quantitative estimate of drug-likeness (QED) is 0.798. The first-order chi connectivity index (χ1) is 12.1. The first-order valence-corrected chi connectivity index (χ1v) is 9.45. The van der Waals surface area contributed by atoms with Crippen LogP contribution >= 0.6 is 0 Å². The van der Waals surface area contributed by atoms with E-state index in [4.69, 9.17) is 0 Å². The second-order valence-corrected chi connectivity index (χ2v) is 7.37. The molecule has 1 aliphatic heterocycles. The average molecular weight is 343 g/mol. The number of benzene rings is 1. The monoisotopic (exact) mass is 343 g/mol. The second-order valence-electron chi connectivity index (χ2n) is 7.37. The number of rotatable bonds is 7. The molecule has 3 rings (SSSR count). The van der Waals surface area contributed by atoms with Crippen LogP contribution in [0.5, 0.6) is 0 Å². The summed E-state index contributed by atoms with van der Waals surface area (Å²) in [7, 11) is 0. The Labute approximate surface area is 150 Å². The Balaban J connectivity index is 1.50. The van der Waals surface area contributed by atoms with Crippen molar-refractivity contribution in [3.8, 4) is 0 Å². The van der Waals surface area contributed by atoms with E-state index in [0.29, 0.717) is 12.5 Å². The third kappa shape index (κ3) is 5.56. The van der Waals surface area contributed by atoms with E-state index in [1.165, 1.54) is 19.8 Å². The van der Waals surface area contributed by atoms with Gasteiger partial charge in [-0.05, 0) is 43.7 Å². The molecule has 2 aliphatic rings. The maximum absolute atomic E-state index is 12.7. The molecule has 136 valence electrons. The summed E-state index contributed by atoms with van der Waals surface area (Å²) in [5, 5.41) is 6.56. The van der Waals surface area contributed by atoms with E-state index in [9.17, 15) is 9.59 Å². The molecule has 0 bridgehead atoms. The van der Waals surface area contributed by atoms with Gasteiger partial charge in [0.05, 0.1) is 12.5 Å². The lowest BCUT2D eigenvalue weighted by atomic mass is 10.0. The van der Waals surface area contributed by atoms with Crippen molar-refractivity contribution in [2.75, 3.05) is 19.6 Å². The van der Waals surface area contributed by atoms with Crippen LogP contribution in [0.4, 0.5) is 0 Å². The maximum atomic E-state index is 12.7. The highest BCUT2D eigenvalue weighted by Gasteiger charge is 2.27. The molecule has 0 radical (unpaired) electrons. The third-order valence-corrected chi connectivity index (χ3v) is 5.20. The van der Waals surface area contributed by atoms with E-state index in [1.807, 2.05) is 35.2 Å². The molecule has 2 amide bonds. The molecule has 1 saturated carbocycles. The van der Waals surface area contributed by atoms with Crippen LogP contribution in [-0.2, 0) is 9.59 Å². The average Bonchev–Trinajstić information content (AvgIpc) is 3.44. The Bertz CT molecular complexity index is 578. The molecule has 1 saturated heterocycles. The van der Waals surface area contributed by atoms with E-state index in [1.54, 1.807) is 0 Å². The molecule has 25 heavy (non-hydrogen) atoms. The van der Waals surface area contributed by atoms with Gasteiger partial charge >= 0.3 is 0 Å². The van der Waals surface area contributed by atoms with E-state index >= 15 is 0 Å². The van der Waals surface area contributed by atoms with Crippen LogP contribution < -0.4 is 10.6 Å². The number of nitrogens with zero attached hydrogens (tertiary/aromatic N) is 1. The second kappa shape index (κ2) is 8.48. The van der Waals surface area contributed by atoms with E-state index in [0.717, 1.165) is 44.0 Å². The Hall–Kier alpha value is -1.88. The van der Waals surface area contributed by atoms with Gasteiger partial charge in [-0.25, -0.2) is 0 Å². The standard InChI is InChI=1S/C20H29N3O2/c1-15(24)22-19(17-5-3-2-4-6-17)13-20(25)23-11-9-18(10-12-23)21-14-16-7-8-16/h2-6,16,18-19,21H,7-14H2,1H3,(H,22,24). The zero-order valence-electron chi connectivity index (χ0n) is 15.0. The molecular formula is C20H29N3O2. The molecule has 2 fully saturated rings. The summed E-state index contributed by atoms with van der Waals surface area (Å²) in [5.74, 6) is 0.914. The number of piperidine rings is 1. The Morgan fingerprint density at radius 2 is 1.80 bits per heavy atom. The highest BCUT2D eigenvalue weighted by Crippen LogP contribution is 2.28. The lowest BCUT2D eigenvalue weighted by Crippen LogP contribution is -2.46. The van der Waals surface area contributed by atoms with Crippen molar-refractivity contribution in [2.45, 2.75) is 51.1 Å². The number of hydrogen-bond donors (Lipinski definition) is 2. The lowest BCUT2D eigenvalue weighted by Gasteiger charge is -2.33. The SMILES string of the molecule is CC(=O)NC(CC(=O)N1CCC(NCC2CC2)CC1)c1ccccc1. The molecular weight excluding hydrogens is 314 g/mol. The van der Waals surface area contributed by atoms with E-state index < -0.39 is 0 Å². The van der Waals surface area contributed by atoms with E-state index in [-0.39, 0.29) is 17.9 Å². The van der Waals surface area contributed by atoms with Crippen LogP contribution in [-0.4, -0.2) is 42.4 Å². The summed E-state index contributed by atoms with van der Waals surface area (Å²) in [5.41, 5.74) is 0.979. The molecule has 1 aromatic carbocycles. The van der Waals surface area contributed by atoms with Crippen molar-refractivity contribution in [1.29, 1.82) is 0 Å². The van der Waals surface area contributed by atoms with Crippen molar-refractivity contribution < 1.29 is 9.59 Å². The first kappa shape index (κ1) is 17.9. The predicted molar refractivity (Wildman–Crippen MR) is 97.9 cm³/mol. The highest BCUT2D eigenvalue weighted by molar-refractivity contribution is 5.79. The minimum absolute atomic E-state index is 0.107. The van der Waals surface area contributed by atoms with Crippen molar-refractivity contribution >= 4 is 11.8 Å². The zero-order valence-corrected chi connectivity index (χ0v) is 15.0. The summed E-state index contributed by atoms with van der Waals surface area (Å²) in [6.45, 7) is 4.25. The van der Waals surface area contributed by atoms with Gasteiger partial charge in [0, 0.05) is 26.1 Å². The van der Waals surface area contributed by atoms with E-state index in [2.05, 4.69) is 10.6 Å². The van der Waals surface area contributed by atoms with Gasteiger partial charge in [-0.2, -0.15) is 0 Å². The van der Waals surface area contributed by atoms with Gasteiger partial charge in [0.2, 0.25) is 11.8 Å². The maximum Gasteiger partial charge on any atom is 0.224 e. The Morgan fingerprint density at radius 3 is 2.40 bits per heavy atom. The molecule has 0 spiro atoms. The fraction of sp³-hybridized carbons (Fsp3) is 0.600. The molecule has 1 aromatic rings. The lowest BCUT2D eigenvalue weighted by molar-refractivity contribution is -0.133. The molecule has 1 unspecified atom stereocenters. The number of amides is 2. The van der Waals surface area contributed by atoms with Crippen molar-refractivity contribution in [3.05, 3.63) is 35.9 Å². The van der Waals surface area contributed by atoms with Crippen LogP contribution in [0.3, 0.4) is 0 Å². The van der Waals surface area contributed by atoms with Crippen LogP contribution in [0.25, 0.3) is 0 Å². The summed E-state index contributed by atoms with van der Waals surface area (Å²) in [6, 6.07) is 10.0. The smallest absolute Gasteiger partial charge is 0.224 e. The van der Waals surface area contributed by atoms with Gasteiger partial charge in [-0.15, -0.1) is 0 Å². The van der Waals surface area contributed by atoms with Crippen LogP contribution in [0, 0.1) is 5.92 Å². The Kier molecular flexibility index (Phi) is 6.08. The fourth-order valence-corrected chi connectivity index (χ4v) is 3.47. The Morgan fingerprint density at radius 1 is 1.12 bits per heavy atom. The fourth-order valence-electron chi connectivity index (χ4n) is 3.47. The molecule has 1 atom stereocenters. The zero-order chi connectivity index (χ0) is 17.6. The van der Waals surface area contributed by atoms with Crippen LogP contribution in [0.2, 0.25) is 0 Å². The molecule has 5 nitrogen and oxygen atoms in total. The predicted octanol–water partition coefficient (Wildman–Crippen LogP) is 2.24. The number of hydrogen-bond acceptors (Lipinski definition) is 3. The molecule has 1 aliphatic carbocycles. The van der Waals surface area contributed by atoms with Gasteiger partial charge in [0.15, 0.2) is 0 Å². The number of carbonyl (C=O) groups excluding carboxylic acids is 2. The minimum atomic E-state index is -0.253. The van der Waals surface area contributed by atoms with Crippen LogP contribution in [0.1, 0.15) is 50.6 Å². The van der Waals surface area contributed by atoms with Gasteiger partial charge in [0.1, 0.15) is 0 Å². The largest absolute Gasteiger partial charge is 0.349 e. The minimum Gasteiger partial charge on any atom is -0.349 e. The normalized spacial score (nSPS) is 19.5. The number of likely N-dealkylation sites (tertiary alicyclic amines) is 1. The third-order valence-electron chi connectivity index (χ3n) is 5.20. The number of carbonyl (C=O) groups is 2. The van der Waals surface area contributed by atoms with Gasteiger partial charge in [-0.1, -0.05) is 30.3 Å². The van der Waals surface area contributed by atoms with Crippen molar-refractivity contribution in [2.24, 2.45) is 5.92 Å².